The lowest BCUT2D eigenvalue weighted by molar-refractivity contribution is -0.122. The topological polar surface area (TPSA) is 42.0 Å². The Morgan fingerprint density at radius 1 is 1.15 bits per heavy atom. The van der Waals surface area contributed by atoms with E-state index < -0.39 is 0 Å². The number of carbonyl (C=O) groups is 1. The second kappa shape index (κ2) is 8.11. The van der Waals surface area contributed by atoms with Crippen LogP contribution < -0.4 is 9.64 Å². The number of fused-ring (bicyclic) bond motifs is 1. The number of benzene rings is 2. The van der Waals surface area contributed by atoms with Crippen molar-refractivity contribution in [2.75, 3.05) is 37.7 Å². The van der Waals surface area contributed by atoms with Crippen molar-refractivity contribution in [3.05, 3.63) is 60.2 Å². The second-order valence-corrected chi connectivity index (χ2v) is 7.30. The molecular weight excluding hydrogens is 340 g/mol. The molecule has 2 aromatic carbocycles. The molecule has 1 saturated heterocycles. The third kappa shape index (κ3) is 4.15. The van der Waals surface area contributed by atoms with Crippen LogP contribution in [0.2, 0.25) is 0 Å². The van der Waals surface area contributed by atoms with Gasteiger partial charge < -0.3 is 14.4 Å². The number of morpholine rings is 1. The summed E-state index contributed by atoms with van der Waals surface area (Å²) in [5, 5.41) is 0. The van der Waals surface area contributed by atoms with Gasteiger partial charge in [-0.1, -0.05) is 36.4 Å². The van der Waals surface area contributed by atoms with Crippen molar-refractivity contribution in [3.8, 4) is 5.75 Å². The molecule has 0 radical (unpaired) electrons. The van der Waals surface area contributed by atoms with Crippen LogP contribution >= 0.6 is 0 Å². The summed E-state index contributed by atoms with van der Waals surface area (Å²) in [5.41, 5.74) is 2.32. The molecule has 0 spiro atoms. The lowest BCUT2D eigenvalue weighted by atomic mass is 10.1. The van der Waals surface area contributed by atoms with Crippen LogP contribution in [0.1, 0.15) is 12.5 Å². The lowest BCUT2D eigenvalue weighted by Gasteiger charge is -2.34. The lowest BCUT2D eigenvalue weighted by Crippen LogP contribution is -2.50. The van der Waals surface area contributed by atoms with E-state index in [0.29, 0.717) is 26.3 Å². The summed E-state index contributed by atoms with van der Waals surface area (Å²) in [5.74, 6) is 1.01. The zero-order valence-electron chi connectivity index (χ0n) is 15.7. The van der Waals surface area contributed by atoms with E-state index in [-0.39, 0.29) is 18.1 Å². The highest BCUT2D eigenvalue weighted by Crippen LogP contribution is 2.31. The molecule has 5 heteroatoms. The third-order valence-corrected chi connectivity index (χ3v) is 5.24. The Morgan fingerprint density at radius 3 is 2.78 bits per heavy atom. The summed E-state index contributed by atoms with van der Waals surface area (Å²) < 4.78 is 11.6. The maximum Gasteiger partial charge on any atom is 0.241 e. The van der Waals surface area contributed by atoms with Crippen LogP contribution in [0.25, 0.3) is 0 Å². The summed E-state index contributed by atoms with van der Waals surface area (Å²) in [6.07, 6.45) is 0.911. The maximum absolute atomic E-state index is 13.0. The first-order valence-corrected chi connectivity index (χ1v) is 9.62. The van der Waals surface area contributed by atoms with E-state index in [1.165, 1.54) is 5.56 Å². The predicted molar refractivity (Wildman–Crippen MR) is 105 cm³/mol. The highest BCUT2D eigenvalue weighted by atomic mass is 16.5. The van der Waals surface area contributed by atoms with Crippen molar-refractivity contribution in [2.24, 2.45) is 0 Å². The Morgan fingerprint density at radius 2 is 1.93 bits per heavy atom. The average molecular weight is 366 g/mol. The molecule has 2 aromatic rings. The molecule has 2 aliphatic rings. The van der Waals surface area contributed by atoms with Crippen LogP contribution in [0.15, 0.2) is 54.6 Å². The van der Waals surface area contributed by atoms with Gasteiger partial charge in [0.25, 0.3) is 0 Å². The van der Waals surface area contributed by atoms with Crippen LogP contribution in [0.5, 0.6) is 5.75 Å². The van der Waals surface area contributed by atoms with Gasteiger partial charge in [-0.15, -0.1) is 0 Å². The predicted octanol–water partition coefficient (Wildman–Crippen LogP) is 2.74. The van der Waals surface area contributed by atoms with Crippen molar-refractivity contribution in [1.29, 1.82) is 0 Å². The SMILES string of the molecule is C[C@@H]1Cc2ccccc2N1C(=O)CN1CCO[C@@H](COc2ccccc2)C1. The molecule has 27 heavy (non-hydrogen) atoms. The van der Waals surface area contributed by atoms with Gasteiger partial charge in [0.05, 0.1) is 13.2 Å². The minimum absolute atomic E-state index is 0.0185. The highest BCUT2D eigenvalue weighted by molar-refractivity contribution is 5.97. The monoisotopic (exact) mass is 366 g/mol. The molecule has 0 N–H and O–H groups in total. The van der Waals surface area contributed by atoms with Crippen LogP contribution in [0, 0.1) is 0 Å². The first kappa shape index (κ1) is 18.0. The molecule has 4 rings (SSSR count). The Labute approximate surface area is 160 Å². The first-order chi connectivity index (χ1) is 13.2. The molecule has 2 atom stereocenters. The van der Waals surface area contributed by atoms with Crippen molar-refractivity contribution < 1.29 is 14.3 Å². The number of para-hydroxylation sites is 2. The normalized spacial score (nSPS) is 22.5. The van der Waals surface area contributed by atoms with Gasteiger partial charge in [-0.2, -0.15) is 0 Å². The number of rotatable bonds is 5. The number of amides is 1. The Bertz CT molecular complexity index is 780. The minimum Gasteiger partial charge on any atom is -0.491 e. The molecule has 1 amide bonds. The highest BCUT2D eigenvalue weighted by Gasteiger charge is 2.32. The van der Waals surface area contributed by atoms with Crippen LogP contribution in [-0.4, -0.2) is 55.8 Å². The van der Waals surface area contributed by atoms with Gasteiger partial charge in [0, 0.05) is 24.8 Å². The van der Waals surface area contributed by atoms with E-state index in [2.05, 4.69) is 17.9 Å². The molecule has 0 aliphatic carbocycles. The number of anilines is 1. The van der Waals surface area contributed by atoms with Gasteiger partial charge >= 0.3 is 0 Å². The van der Waals surface area contributed by atoms with Gasteiger partial charge in [-0.25, -0.2) is 0 Å². The summed E-state index contributed by atoms with van der Waals surface area (Å²) in [6, 6.07) is 18.2. The van der Waals surface area contributed by atoms with Gasteiger partial charge in [0.15, 0.2) is 0 Å². The number of nitrogens with zero attached hydrogens (tertiary/aromatic N) is 2. The fraction of sp³-hybridized carbons (Fsp3) is 0.409. The molecule has 0 unspecified atom stereocenters. The van der Waals surface area contributed by atoms with E-state index in [0.717, 1.165) is 24.4 Å². The fourth-order valence-electron chi connectivity index (χ4n) is 3.94. The van der Waals surface area contributed by atoms with Crippen LogP contribution in [0.3, 0.4) is 0 Å². The van der Waals surface area contributed by atoms with Crippen molar-refractivity contribution in [3.63, 3.8) is 0 Å². The zero-order valence-corrected chi connectivity index (χ0v) is 15.7. The Hall–Kier alpha value is -2.37. The van der Waals surface area contributed by atoms with E-state index in [1.54, 1.807) is 0 Å². The number of carbonyl (C=O) groups excluding carboxylic acids is 1. The molecule has 5 nitrogen and oxygen atoms in total. The largest absolute Gasteiger partial charge is 0.491 e. The molecule has 0 aromatic heterocycles. The molecule has 142 valence electrons. The van der Waals surface area contributed by atoms with Crippen molar-refractivity contribution in [1.82, 2.24) is 4.90 Å². The zero-order chi connectivity index (χ0) is 18.6. The van der Waals surface area contributed by atoms with Gasteiger partial charge in [-0.3, -0.25) is 9.69 Å². The maximum atomic E-state index is 13.0. The average Bonchev–Trinajstić information content (AvgIpc) is 3.03. The molecule has 2 heterocycles. The number of hydrogen-bond donors (Lipinski definition) is 0. The van der Waals surface area contributed by atoms with E-state index in [4.69, 9.17) is 9.47 Å². The Kier molecular flexibility index (Phi) is 5.41. The summed E-state index contributed by atoms with van der Waals surface area (Å²) in [7, 11) is 0. The second-order valence-electron chi connectivity index (χ2n) is 7.30. The summed E-state index contributed by atoms with van der Waals surface area (Å²) >= 11 is 0. The van der Waals surface area contributed by atoms with Crippen LogP contribution in [0.4, 0.5) is 5.69 Å². The molecule has 0 saturated carbocycles. The fourth-order valence-corrected chi connectivity index (χ4v) is 3.94. The standard InChI is InChI=1S/C22H26N2O3/c1-17-13-18-7-5-6-10-21(18)24(17)22(25)15-23-11-12-26-20(14-23)16-27-19-8-3-2-4-9-19/h2-10,17,20H,11-16H2,1H3/t17-,20-/m1/s1. The number of ether oxygens (including phenoxy) is 2. The summed E-state index contributed by atoms with van der Waals surface area (Å²) in [6.45, 7) is 5.15. The first-order valence-electron chi connectivity index (χ1n) is 9.62. The van der Waals surface area contributed by atoms with Crippen LogP contribution in [-0.2, 0) is 16.0 Å². The number of hydrogen-bond acceptors (Lipinski definition) is 4. The molecule has 1 fully saturated rings. The third-order valence-electron chi connectivity index (χ3n) is 5.24. The van der Waals surface area contributed by atoms with Crippen molar-refractivity contribution >= 4 is 11.6 Å². The molecule has 0 bridgehead atoms. The molecule has 2 aliphatic heterocycles. The van der Waals surface area contributed by atoms with Gasteiger partial charge in [-0.05, 0) is 37.1 Å². The summed E-state index contributed by atoms with van der Waals surface area (Å²) in [4.78, 5) is 17.1. The van der Waals surface area contributed by atoms with Gasteiger partial charge in [0.2, 0.25) is 5.91 Å². The van der Waals surface area contributed by atoms with Gasteiger partial charge in [0.1, 0.15) is 18.5 Å². The Balaban J connectivity index is 1.33. The van der Waals surface area contributed by atoms with E-state index in [1.807, 2.05) is 53.4 Å². The van der Waals surface area contributed by atoms with Crippen molar-refractivity contribution in [2.45, 2.75) is 25.5 Å². The quantitative estimate of drug-likeness (QED) is 0.816. The van der Waals surface area contributed by atoms with E-state index in [9.17, 15) is 4.79 Å². The molecular formula is C22H26N2O3. The minimum atomic E-state index is -0.0185. The van der Waals surface area contributed by atoms with E-state index >= 15 is 0 Å². The smallest absolute Gasteiger partial charge is 0.241 e.